The van der Waals surface area contributed by atoms with Crippen LogP contribution in [0.25, 0.3) is 11.2 Å². The highest BCUT2D eigenvalue weighted by atomic mass is 16.5. The molecule has 150 valence electrons. The van der Waals surface area contributed by atoms with Crippen molar-refractivity contribution < 1.29 is 4.52 Å². The first-order valence-corrected chi connectivity index (χ1v) is 9.84. The van der Waals surface area contributed by atoms with Gasteiger partial charge in [-0.05, 0) is 37.3 Å². The quantitative estimate of drug-likeness (QED) is 0.691. The van der Waals surface area contributed by atoms with E-state index in [2.05, 4.69) is 35.8 Å². The van der Waals surface area contributed by atoms with Crippen LogP contribution in [-0.2, 0) is 13.6 Å². The summed E-state index contributed by atoms with van der Waals surface area (Å²) >= 11 is 0. The number of rotatable bonds is 3. The highest BCUT2D eigenvalue weighted by Gasteiger charge is 2.27. The lowest BCUT2D eigenvalue weighted by Gasteiger charge is -2.31. The SMILES string of the molecule is Cc1noc(C2CCCN(c3ccc4c(n3)n(C)c(=O)n4CC(C)(C)C)C2)n1. The zero-order chi connectivity index (χ0) is 20.1. The molecule has 1 atom stereocenters. The molecule has 1 unspecified atom stereocenters. The standard InChI is InChI=1S/C20H28N6O2/c1-13-21-18(28-23-13)14-7-6-10-25(11-14)16-9-8-15-17(22-16)24(5)19(27)26(15)12-20(2,3)4/h8-9,14H,6-7,10-12H2,1-5H3. The number of piperidine rings is 1. The van der Waals surface area contributed by atoms with Gasteiger partial charge in [0.25, 0.3) is 0 Å². The molecule has 3 aromatic rings. The van der Waals surface area contributed by atoms with E-state index < -0.39 is 0 Å². The summed E-state index contributed by atoms with van der Waals surface area (Å²) in [7, 11) is 1.79. The number of anilines is 1. The molecule has 8 heteroatoms. The van der Waals surface area contributed by atoms with Crippen molar-refractivity contribution in [2.45, 2.75) is 53.0 Å². The van der Waals surface area contributed by atoms with Gasteiger partial charge in [0.15, 0.2) is 11.5 Å². The van der Waals surface area contributed by atoms with Crippen molar-refractivity contribution in [1.82, 2.24) is 24.3 Å². The lowest BCUT2D eigenvalue weighted by Crippen LogP contribution is -2.35. The van der Waals surface area contributed by atoms with Crippen LogP contribution >= 0.6 is 0 Å². The number of nitrogens with zero attached hydrogens (tertiary/aromatic N) is 6. The van der Waals surface area contributed by atoms with E-state index in [0.717, 1.165) is 42.9 Å². The van der Waals surface area contributed by atoms with Crippen molar-refractivity contribution in [3.05, 3.63) is 34.3 Å². The molecular formula is C20H28N6O2. The predicted octanol–water partition coefficient (Wildman–Crippen LogP) is 2.86. The van der Waals surface area contributed by atoms with Crippen molar-refractivity contribution in [2.24, 2.45) is 12.5 Å². The van der Waals surface area contributed by atoms with Crippen LogP contribution in [0.3, 0.4) is 0 Å². The van der Waals surface area contributed by atoms with Crippen LogP contribution in [0.1, 0.15) is 51.2 Å². The van der Waals surface area contributed by atoms with Crippen molar-refractivity contribution in [2.75, 3.05) is 18.0 Å². The fourth-order valence-electron chi connectivity index (χ4n) is 3.93. The molecule has 0 amide bonds. The van der Waals surface area contributed by atoms with E-state index in [9.17, 15) is 4.79 Å². The second kappa shape index (κ2) is 6.76. The van der Waals surface area contributed by atoms with Gasteiger partial charge in [-0.3, -0.25) is 9.13 Å². The van der Waals surface area contributed by atoms with Crippen LogP contribution in [0.5, 0.6) is 0 Å². The van der Waals surface area contributed by atoms with Crippen LogP contribution in [0, 0.1) is 12.3 Å². The average molecular weight is 384 g/mol. The number of aromatic nitrogens is 5. The van der Waals surface area contributed by atoms with Gasteiger partial charge < -0.3 is 9.42 Å². The molecule has 0 aromatic carbocycles. The van der Waals surface area contributed by atoms with Crippen molar-refractivity contribution >= 4 is 17.0 Å². The third kappa shape index (κ3) is 3.43. The van der Waals surface area contributed by atoms with E-state index in [1.165, 1.54) is 0 Å². The predicted molar refractivity (Wildman–Crippen MR) is 108 cm³/mol. The van der Waals surface area contributed by atoms with Crippen molar-refractivity contribution in [1.29, 1.82) is 0 Å². The Morgan fingerprint density at radius 2 is 2.04 bits per heavy atom. The van der Waals surface area contributed by atoms with Gasteiger partial charge in [0.05, 0.1) is 11.4 Å². The largest absolute Gasteiger partial charge is 0.356 e. The molecule has 1 saturated heterocycles. The summed E-state index contributed by atoms with van der Waals surface area (Å²) in [6, 6.07) is 4.04. The number of fused-ring (bicyclic) bond motifs is 1. The third-order valence-electron chi connectivity index (χ3n) is 5.24. The molecule has 0 radical (unpaired) electrons. The summed E-state index contributed by atoms with van der Waals surface area (Å²) in [6.07, 6.45) is 2.07. The molecule has 3 aromatic heterocycles. The average Bonchev–Trinajstić information content (AvgIpc) is 3.18. The molecule has 0 aliphatic carbocycles. The molecule has 1 fully saturated rings. The Kier molecular flexibility index (Phi) is 4.51. The first-order valence-electron chi connectivity index (χ1n) is 9.84. The Morgan fingerprint density at radius 3 is 2.71 bits per heavy atom. The molecule has 0 saturated carbocycles. The topological polar surface area (TPSA) is 82.0 Å². The summed E-state index contributed by atoms with van der Waals surface area (Å²) in [5, 5.41) is 3.92. The van der Waals surface area contributed by atoms with Crippen molar-refractivity contribution in [3.63, 3.8) is 0 Å². The zero-order valence-electron chi connectivity index (χ0n) is 17.3. The normalized spacial score (nSPS) is 18.2. The van der Waals surface area contributed by atoms with Crippen LogP contribution in [-0.4, -0.2) is 37.3 Å². The van der Waals surface area contributed by atoms with Gasteiger partial charge in [-0.2, -0.15) is 4.98 Å². The molecule has 1 aliphatic heterocycles. The molecule has 0 bridgehead atoms. The highest BCUT2D eigenvalue weighted by Crippen LogP contribution is 2.29. The number of pyridine rings is 1. The smallest absolute Gasteiger partial charge is 0.330 e. The summed E-state index contributed by atoms with van der Waals surface area (Å²) in [6.45, 7) is 10.6. The lowest BCUT2D eigenvalue weighted by molar-refractivity contribution is 0.331. The van der Waals surface area contributed by atoms with E-state index >= 15 is 0 Å². The van der Waals surface area contributed by atoms with Gasteiger partial charge in [-0.15, -0.1) is 0 Å². The Balaban J connectivity index is 1.66. The fraction of sp³-hybridized carbons (Fsp3) is 0.600. The third-order valence-corrected chi connectivity index (χ3v) is 5.24. The zero-order valence-corrected chi connectivity index (χ0v) is 17.3. The van der Waals surface area contributed by atoms with Gasteiger partial charge in [0, 0.05) is 26.7 Å². The summed E-state index contributed by atoms with van der Waals surface area (Å²) in [4.78, 5) is 24.2. The van der Waals surface area contributed by atoms with E-state index in [0.29, 0.717) is 18.3 Å². The molecule has 4 heterocycles. The first kappa shape index (κ1) is 18.7. The highest BCUT2D eigenvalue weighted by molar-refractivity contribution is 5.74. The summed E-state index contributed by atoms with van der Waals surface area (Å²) < 4.78 is 8.86. The van der Waals surface area contributed by atoms with Crippen LogP contribution in [0.2, 0.25) is 0 Å². The minimum absolute atomic E-state index is 0.0130. The molecular weight excluding hydrogens is 356 g/mol. The molecule has 28 heavy (non-hydrogen) atoms. The van der Waals surface area contributed by atoms with E-state index in [1.807, 2.05) is 23.6 Å². The lowest BCUT2D eigenvalue weighted by atomic mass is 9.97. The number of hydrogen-bond acceptors (Lipinski definition) is 6. The Hall–Kier alpha value is -2.64. The Bertz CT molecular complexity index is 1060. The van der Waals surface area contributed by atoms with Crippen LogP contribution in [0.15, 0.2) is 21.5 Å². The number of aryl methyl sites for hydroxylation is 2. The Labute approximate surface area is 164 Å². The number of imidazole rings is 1. The van der Waals surface area contributed by atoms with Crippen LogP contribution in [0.4, 0.5) is 5.82 Å². The first-order chi connectivity index (χ1) is 13.2. The van der Waals surface area contributed by atoms with E-state index in [-0.39, 0.29) is 17.0 Å². The minimum atomic E-state index is -0.0209. The van der Waals surface area contributed by atoms with Crippen molar-refractivity contribution in [3.8, 4) is 0 Å². The Morgan fingerprint density at radius 1 is 1.25 bits per heavy atom. The number of hydrogen-bond donors (Lipinski definition) is 0. The van der Waals surface area contributed by atoms with Gasteiger partial charge in [0.2, 0.25) is 5.89 Å². The molecule has 0 spiro atoms. The van der Waals surface area contributed by atoms with Gasteiger partial charge in [-0.25, -0.2) is 9.78 Å². The maximum atomic E-state index is 12.7. The second-order valence-electron chi connectivity index (χ2n) is 8.97. The minimum Gasteiger partial charge on any atom is -0.356 e. The maximum absolute atomic E-state index is 12.7. The molecule has 0 N–H and O–H groups in total. The van der Waals surface area contributed by atoms with Gasteiger partial charge in [0.1, 0.15) is 5.82 Å². The molecule has 4 rings (SSSR count). The summed E-state index contributed by atoms with van der Waals surface area (Å²) in [5.41, 5.74) is 1.60. The molecule has 1 aliphatic rings. The monoisotopic (exact) mass is 384 g/mol. The fourth-order valence-corrected chi connectivity index (χ4v) is 3.93. The maximum Gasteiger partial charge on any atom is 0.330 e. The van der Waals surface area contributed by atoms with E-state index in [4.69, 9.17) is 9.51 Å². The van der Waals surface area contributed by atoms with E-state index in [1.54, 1.807) is 11.6 Å². The summed E-state index contributed by atoms with van der Waals surface area (Å²) in [5.74, 6) is 2.47. The molecule has 8 nitrogen and oxygen atoms in total. The van der Waals surface area contributed by atoms with Crippen LogP contribution < -0.4 is 10.6 Å². The van der Waals surface area contributed by atoms with Gasteiger partial charge in [-0.1, -0.05) is 25.9 Å². The van der Waals surface area contributed by atoms with Gasteiger partial charge >= 0.3 is 5.69 Å². The second-order valence-corrected chi connectivity index (χ2v) is 8.97.